The Kier molecular flexibility index (Phi) is 6.72. The molecule has 0 aliphatic heterocycles. The Labute approximate surface area is 176 Å². The lowest BCUT2D eigenvalue weighted by Crippen LogP contribution is -2.19. The minimum absolute atomic E-state index is 0.259. The van der Waals surface area contributed by atoms with Crippen molar-refractivity contribution in [2.24, 2.45) is 5.92 Å². The second-order valence-corrected chi connectivity index (χ2v) is 7.91. The van der Waals surface area contributed by atoms with Crippen LogP contribution in [0, 0.1) is 5.92 Å². The van der Waals surface area contributed by atoms with Gasteiger partial charge in [0.15, 0.2) is 6.29 Å². The fourth-order valence-electron chi connectivity index (χ4n) is 3.38. The zero-order valence-electron chi connectivity index (χ0n) is 17.0. The van der Waals surface area contributed by atoms with Gasteiger partial charge in [-0.15, -0.1) is 0 Å². The number of hydrogen-bond donors (Lipinski definition) is 2. The normalized spacial score (nSPS) is 11.2. The first-order chi connectivity index (χ1) is 13.9. The summed E-state index contributed by atoms with van der Waals surface area (Å²) in [5.74, 6) is 0.299. The minimum atomic E-state index is -0.259. The number of benzene rings is 2. The van der Waals surface area contributed by atoms with E-state index in [1.807, 2.05) is 47.9 Å². The summed E-state index contributed by atoms with van der Waals surface area (Å²) in [5.41, 5.74) is 3.69. The number of rotatable bonds is 8. The molecule has 5 nitrogen and oxygen atoms in total. The third-order valence-corrected chi connectivity index (χ3v) is 5.11. The number of amides is 1. The number of nitrogens with zero attached hydrogens (tertiary/aromatic N) is 1. The van der Waals surface area contributed by atoms with Gasteiger partial charge in [0.2, 0.25) is 0 Å². The van der Waals surface area contributed by atoms with Gasteiger partial charge in [-0.1, -0.05) is 31.5 Å². The SMILES string of the molecule is CCn1c(C=O)cc2cc(NC(=O)c3cc(CNCC(C)C)ccc3Cl)ccc21. The number of anilines is 1. The highest BCUT2D eigenvalue weighted by Crippen LogP contribution is 2.25. The highest BCUT2D eigenvalue weighted by atomic mass is 35.5. The van der Waals surface area contributed by atoms with Crippen molar-refractivity contribution in [2.45, 2.75) is 33.9 Å². The van der Waals surface area contributed by atoms with E-state index in [1.165, 1.54) is 0 Å². The maximum absolute atomic E-state index is 12.8. The van der Waals surface area contributed by atoms with Crippen LogP contribution in [-0.4, -0.2) is 23.3 Å². The van der Waals surface area contributed by atoms with Crippen LogP contribution in [0.15, 0.2) is 42.5 Å². The zero-order chi connectivity index (χ0) is 21.0. The summed E-state index contributed by atoms with van der Waals surface area (Å²) in [7, 11) is 0. The first-order valence-corrected chi connectivity index (χ1v) is 10.2. The van der Waals surface area contributed by atoms with Crippen LogP contribution < -0.4 is 10.6 Å². The Morgan fingerprint density at radius 3 is 2.66 bits per heavy atom. The second-order valence-electron chi connectivity index (χ2n) is 7.50. The molecule has 0 atom stereocenters. The minimum Gasteiger partial charge on any atom is -0.339 e. The lowest BCUT2D eigenvalue weighted by Gasteiger charge is -2.11. The van der Waals surface area contributed by atoms with E-state index < -0.39 is 0 Å². The average molecular weight is 412 g/mol. The Balaban J connectivity index is 1.80. The molecule has 0 unspecified atom stereocenters. The van der Waals surface area contributed by atoms with Gasteiger partial charge in [0.05, 0.1) is 16.3 Å². The molecule has 0 aliphatic carbocycles. The Morgan fingerprint density at radius 2 is 1.97 bits per heavy atom. The van der Waals surface area contributed by atoms with Crippen molar-refractivity contribution >= 4 is 40.4 Å². The summed E-state index contributed by atoms with van der Waals surface area (Å²) in [6, 6.07) is 12.9. The molecule has 29 heavy (non-hydrogen) atoms. The molecule has 3 rings (SSSR count). The summed E-state index contributed by atoms with van der Waals surface area (Å²) in [5, 5.41) is 7.61. The van der Waals surface area contributed by atoms with Gasteiger partial charge in [-0.2, -0.15) is 0 Å². The van der Waals surface area contributed by atoms with Crippen LogP contribution in [0.2, 0.25) is 5.02 Å². The molecule has 0 radical (unpaired) electrons. The number of nitrogens with one attached hydrogen (secondary N) is 2. The summed E-state index contributed by atoms with van der Waals surface area (Å²) in [6.07, 6.45) is 0.848. The Morgan fingerprint density at radius 1 is 1.17 bits per heavy atom. The van der Waals surface area contributed by atoms with Crippen LogP contribution in [-0.2, 0) is 13.1 Å². The van der Waals surface area contributed by atoms with Gasteiger partial charge in [-0.3, -0.25) is 9.59 Å². The molecule has 1 amide bonds. The second kappa shape index (κ2) is 9.25. The third kappa shape index (κ3) is 4.86. The fraction of sp³-hybridized carbons (Fsp3) is 0.304. The molecule has 6 heteroatoms. The number of fused-ring (bicyclic) bond motifs is 1. The molecule has 0 saturated heterocycles. The molecule has 0 spiro atoms. The molecule has 0 aliphatic rings. The number of halogens is 1. The number of aromatic nitrogens is 1. The molecule has 1 aromatic heterocycles. The molecule has 3 aromatic rings. The Hall–Kier alpha value is -2.63. The van der Waals surface area contributed by atoms with Crippen molar-refractivity contribution in [1.29, 1.82) is 0 Å². The quantitative estimate of drug-likeness (QED) is 0.505. The number of aryl methyl sites for hydroxylation is 1. The molecule has 0 saturated carbocycles. The first-order valence-electron chi connectivity index (χ1n) is 9.82. The molecule has 0 bridgehead atoms. The highest BCUT2D eigenvalue weighted by molar-refractivity contribution is 6.34. The lowest BCUT2D eigenvalue weighted by atomic mass is 10.1. The maximum Gasteiger partial charge on any atom is 0.257 e. The molecule has 2 N–H and O–H groups in total. The van der Waals surface area contributed by atoms with E-state index in [0.717, 1.165) is 29.3 Å². The van der Waals surface area contributed by atoms with Crippen molar-refractivity contribution in [3.63, 3.8) is 0 Å². The number of hydrogen-bond acceptors (Lipinski definition) is 3. The Bertz CT molecular complexity index is 1040. The standard InChI is InChI=1S/C23H26ClN3O2/c1-4-27-19(14-28)11-17-10-18(6-8-22(17)27)26-23(29)20-9-16(5-7-21(20)24)13-25-12-15(2)3/h5-11,14-15,25H,4,12-13H2,1-3H3,(H,26,29). The highest BCUT2D eigenvalue weighted by Gasteiger charge is 2.13. The van der Waals surface area contributed by atoms with Crippen LogP contribution in [0.4, 0.5) is 5.69 Å². The van der Waals surface area contributed by atoms with Gasteiger partial charge in [-0.05, 0) is 61.3 Å². The van der Waals surface area contributed by atoms with Gasteiger partial charge in [0.25, 0.3) is 5.91 Å². The third-order valence-electron chi connectivity index (χ3n) is 4.79. The summed E-state index contributed by atoms with van der Waals surface area (Å²) in [6.45, 7) is 8.59. The predicted octanol–water partition coefficient (Wildman–Crippen LogP) is 5.13. The zero-order valence-corrected chi connectivity index (χ0v) is 17.7. The monoisotopic (exact) mass is 411 g/mol. The van der Waals surface area contributed by atoms with Crippen molar-refractivity contribution in [1.82, 2.24) is 9.88 Å². The molecule has 1 heterocycles. The number of aldehydes is 1. The van der Waals surface area contributed by atoms with Crippen LogP contribution in [0.1, 0.15) is 47.2 Å². The van der Waals surface area contributed by atoms with Crippen molar-refractivity contribution in [2.75, 3.05) is 11.9 Å². The number of carbonyl (C=O) groups excluding carboxylic acids is 2. The molecule has 2 aromatic carbocycles. The first kappa shape index (κ1) is 21.1. The van der Waals surface area contributed by atoms with Gasteiger partial charge >= 0.3 is 0 Å². The van der Waals surface area contributed by atoms with Gasteiger partial charge in [-0.25, -0.2) is 0 Å². The van der Waals surface area contributed by atoms with Gasteiger partial charge < -0.3 is 15.2 Å². The van der Waals surface area contributed by atoms with Crippen LogP contribution in [0.5, 0.6) is 0 Å². The van der Waals surface area contributed by atoms with Gasteiger partial charge in [0, 0.05) is 29.7 Å². The van der Waals surface area contributed by atoms with Crippen LogP contribution in [0.25, 0.3) is 10.9 Å². The van der Waals surface area contributed by atoms with E-state index in [0.29, 0.717) is 41.0 Å². The van der Waals surface area contributed by atoms with E-state index in [4.69, 9.17) is 11.6 Å². The van der Waals surface area contributed by atoms with Crippen molar-refractivity contribution < 1.29 is 9.59 Å². The van der Waals surface area contributed by atoms with E-state index in [2.05, 4.69) is 24.5 Å². The average Bonchev–Trinajstić information content (AvgIpc) is 3.05. The smallest absolute Gasteiger partial charge is 0.257 e. The summed E-state index contributed by atoms with van der Waals surface area (Å²) >= 11 is 6.28. The van der Waals surface area contributed by atoms with E-state index in [9.17, 15) is 9.59 Å². The molecule has 0 fully saturated rings. The molecular formula is C23H26ClN3O2. The van der Waals surface area contributed by atoms with Crippen LogP contribution in [0.3, 0.4) is 0 Å². The molecular weight excluding hydrogens is 386 g/mol. The van der Waals surface area contributed by atoms with Crippen LogP contribution >= 0.6 is 11.6 Å². The van der Waals surface area contributed by atoms with E-state index in [-0.39, 0.29) is 5.91 Å². The lowest BCUT2D eigenvalue weighted by molar-refractivity contribution is 0.102. The van der Waals surface area contributed by atoms with E-state index >= 15 is 0 Å². The summed E-state index contributed by atoms with van der Waals surface area (Å²) in [4.78, 5) is 24.1. The summed E-state index contributed by atoms with van der Waals surface area (Å²) < 4.78 is 1.94. The molecule has 152 valence electrons. The van der Waals surface area contributed by atoms with Crippen molar-refractivity contribution in [3.05, 3.63) is 64.3 Å². The maximum atomic E-state index is 12.8. The van der Waals surface area contributed by atoms with Gasteiger partial charge in [0.1, 0.15) is 0 Å². The predicted molar refractivity (Wildman–Crippen MR) is 119 cm³/mol. The van der Waals surface area contributed by atoms with E-state index in [1.54, 1.807) is 6.07 Å². The van der Waals surface area contributed by atoms with Crippen molar-refractivity contribution in [3.8, 4) is 0 Å². The number of carbonyl (C=O) groups is 2. The fourth-order valence-corrected chi connectivity index (χ4v) is 3.58. The topological polar surface area (TPSA) is 63.1 Å². The largest absolute Gasteiger partial charge is 0.339 e.